The van der Waals surface area contributed by atoms with Crippen molar-refractivity contribution < 1.29 is 14.3 Å². The number of hydrogen-bond acceptors (Lipinski definition) is 4. The molecule has 0 aromatic carbocycles. The second kappa shape index (κ2) is 8.29. The highest BCUT2D eigenvalue weighted by Gasteiger charge is 2.18. The highest BCUT2D eigenvalue weighted by atomic mass is 16.5. The van der Waals surface area contributed by atoms with Gasteiger partial charge in [0, 0.05) is 31.1 Å². The van der Waals surface area contributed by atoms with E-state index in [0.29, 0.717) is 17.5 Å². The first-order chi connectivity index (χ1) is 11.3. The molecule has 0 bridgehead atoms. The first kappa shape index (κ1) is 16.2. The lowest BCUT2D eigenvalue weighted by atomic mass is 10.1. The number of carbonyl (C=O) groups is 1. The lowest BCUT2D eigenvalue weighted by Crippen LogP contribution is -2.34. The zero-order valence-electron chi connectivity index (χ0n) is 13.6. The fourth-order valence-corrected chi connectivity index (χ4v) is 3.24. The number of pyridine rings is 1. The molecule has 1 saturated heterocycles. The van der Waals surface area contributed by atoms with Crippen LogP contribution in [0.5, 0.6) is 5.88 Å². The van der Waals surface area contributed by atoms with Gasteiger partial charge in [-0.05, 0) is 18.9 Å². The second-order valence-corrected chi connectivity index (χ2v) is 6.48. The summed E-state index contributed by atoms with van der Waals surface area (Å²) in [6.07, 6.45) is 10.7. The van der Waals surface area contributed by atoms with Crippen molar-refractivity contribution in [3.05, 3.63) is 23.9 Å². The van der Waals surface area contributed by atoms with Crippen molar-refractivity contribution in [3.63, 3.8) is 0 Å². The van der Waals surface area contributed by atoms with E-state index in [1.54, 1.807) is 18.3 Å². The number of rotatable bonds is 4. The summed E-state index contributed by atoms with van der Waals surface area (Å²) in [5, 5.41) is 3.14. The molecule has 126 valence electrons. The number of amides is 1. The van der Waals surface area contributed by atoms with Gasteiger partial charge >= 0.3 is 0 Å². The van der Waals surface area contributed by atoms with Crippen LogP contribution in [0.1, 0.15) is 61.7 Å². The predicted octanol–water partition coefficient (Wildman–Crippen LogP) is 3.09. The molecule has 2 heterocycles. The van der Waals surface area contributed by atoms with Gasteiger partial charge in [-0.1, -0.05) is 25.7 Å². The Balaban J connectivity index is 1.52. The van der Waals surface area contributed by atoms with E-state index in [9.17, 15) is 4.79 Å². The maximum Gasteiger partial charge on any atom is 0.253 e. The van der Waals surface area contributed by atoms with Crippen molar-refractivity contribution >= 4 is 5.91 Å². The molecule has 1 aliphatic heterocycles. The minimum Gasteiger partial charge on any atom is -0.474 e. The molecule has 1 N–H and O–H groups in total. The molecule has 1 aliphatic carbocycles. The fraction of sp³-hybridized carbons (Fsp3) is 0.667. The van der Waals surface area contributed by atoms with Crippen LogP contribution < -0.4 is 10.1 Å². The minimum atomic E-state index is -0.0259. The van der Waals surface area contributed by atoms with Crippen LogP contribution in [-0.2, 0) is 4.74 Å². The average Bonchev–Trinajstić information content (AvgIpc) is 2.85. The Kier molecular flexibility index (Phi) is 5.86. The standard InChI is InChI=1S/C18H26N2O3/c21-18(20-15-5-3-1-2-4-6-15)14-7-8-17(19-13-14)23-16-9-11-22-12-10-16/h7-8,13,15-16H,1-6,9-12H2,(H,20,21). The van der Waals surface area contributed by atoms with E-state index in [0.717, 1.165) is 38.9 Å². The number of nitrogens with zero attached hydrogens (tertiary/aromatic N) is 1. The summed E-state index contributed by atoms with van der Waals surface area (Å²) in [6.45, 7) is 1.49. The highest BCUT2D eigenvalue weighted by Crippen LogP contribution is 2.19. The van der Waals surface area contributed by atoms with E-state index in [4.69, 9.17) is 9.47 Å². The summed E-state index contributed by atoms with van der Waals surface area (Å²) >= 11 is 0. The number of nitrogens with one attached hydrogen (secondary N) is 1. The van der Waals surface area contributed by atoms with Crippen LogP contribution in [0, 0.1) is 0 Å². The molecule has 1 aromatic rings. The minimum absolute atomic E-state index is 0.0259. The number of hydrogen-bond donors (Lipinski definition) is 1. The molecule has 23 heavy (non-hydrogen) atoms. The van der Waals surface area contributed by atoms with Crippen LogP contribution in [0.25, 0.3) is 0 Å². The Morgan fingerprint density at radius 1 is 1.09 bits per heavy atom. The predicted molar refractivity (Wildman–Crippen MR) is 87.7 cm³/mol. The molecule has 5 heteroatoms. The molecule has 1 amide bonds. The molecule has 2 aliphatic rings. The topological polar surface area (TPSA) is 60.5 Å². The molecule has 0 radical (unpaired) electrons. The van der Waals surface area contributed by atoms with Gasteiger partial charge in [-0.25, -0.2) is 4.98 Å². The van der Waals surface area contributed by atoms with Crippen LogP contribution in [0.4, 0.5) is 0 Å². The van der Waals surface area contributed by atoms with Gasteiger partial charge in [0.2, 0.25) is 5.88 Å². The average molecular weight is 318 g/mol. The van der Waals surface area contributed by atoms with Crippen molar-refractivity contribution in [2.75, 3.05) is 13.2 Å². The highest BCUT2D eigenvalue weighted by molar-refractivity contribution is 5.94. The molecule has 1 aromatic heterocycles. The first-order valence-electron chi connectivity index (χ1n) is 8.82. The van der Waals surface area contributed by atoms with Gasteiger partial charge in [-0.3, -0.25) is 4.79 Å². The summed E-state index contributed by atoms with van der Waals surface area (Å²) in [6, 6.07) is 3.90. The fourth-order valence-electron chi connectivity index (χ4n) is 3.24. The number of aromatic nitrogens is 1. The van der Waals surface area contributed by atoms with Gasteiger partial charge in [-0.15, -0.1) is 0 Å². The quantitative estimate of drug-likeness (QED) is 0.867. The van der Waals surface area contributed by atoms with E-state index in [-0.39, 0.29) is 12.0 Å². The Morgan fingerprint density at radius 3 is 2.48 bits per heavy atom. The normalized spacial score (nSPS) is 20.7. The van der Waals surface area contributed by atoms with E-state index < -0.39 is 0 Å². The molecule has 1 saturated carbocycles. The Morgan fingerprint density at radius 2 is 1.83 bits per heavy atom. The van der Waals surface area contributed by atoms with E-state index >= 15 is 0 Å². The van der Waals surface area contributed by atoms with Crippen LogP contribution in [0.2, 0.25) is 0 Å². The maximum atomic E-state index is 12.3. The summed E-state index contributed by atoms with van der Waals surface area (Å²) in [7, 11) is 0. The van der Waals surface area contributed by atoms with Crippen molar-refractivity contribution in [1.29, 1.82) is 0 Å². The first-order valence-corrected chi connectivity index (χ1v) is 8.82. The lowest BCUT2D eigenvalue weighted by Gasteiger charge is -2.22. The number of carbonyl (C=O) groups excluding carboxylic acids is 1. The maximum absolute atomic E-state index is 12.3. The van der Waals surface area contributed by atoms with Gasteiger partial charge in [0.1, 0.15) is 6.10 Å². The van der Waals surface area contributed by atoms with E-state index in [1.165, 1.54) is 25.7 Å². The van der Waals surface area contributed by atoms with E-state index in [2.05, 4.69) is 10.3 Å². The third-order valence-electron chi connectivity index (χ3n) is 4.64. The van der Waals surface area contributed by atoms with E-state index in [1.807, 2.05) is 0 Å². The molecule has 0 unspecified atom stereocenters. The largest absolute Gasteiger partial charge is 0.474 e. The van der Waals surface area contributed by atoms with Gasteiger partial charge in [0.25, 0.3) is 5.91 Å². The van der Waals surface area contributed by atoms with Crippen LogP contribution in [-0.4, -0.2) is 36.3 Å². The van der Waals surface area contributed by atoms with Crippen LogP contribution in [0.15, 0.2) is 18.3 Å². The molecule has 0 atom stereocenters. The van der Waals surface area contributed by atoms with Crippen LogP contribution in [0.3, 0.4) is 0 Å². The van der Waals surface area contributed by atoms with Gasteiger partial charge < -0.3 is 14.8 Å². The Labute approximate surface area is 137 Å². The van der Waals surface area contributed by atoms with Gasteiger partial charge in [-0.2, -0.15) is 0 Å². The summed E-state index contributed by atoms with van der Waals surface area (Å²) in [4.78, 5) is 16.6. The molecule has 3 rings (SSSR count). The summed E-state index contributed by atoms with van der Waals surface area (Å²) < 4.78 is 11.1. The van der Waals surface area contributed by atoms with Crippen molar-refractivity contribution in [1.82, 2.24) is 10.3 Å². The zero-order chi connectivity index (χ0) is 15.9. The van der Waals surface area contributed by atoms with Crippen molar-refractivity contribution in [2.45, 2.75) is 63.5 Å². The van der Waals surface area contributed by atoms with Crippen molar-refractivity contribution in [2.24, 2.45) is 0 Å². The monoisotopic (exact) mass is 318 g/mol. The smallest absolute Gasteiger partial charge is 0.253 e. The molecular formula is C18H26N2O3. The molecule has 5 nitrogen and oxygen atoms in total. The van der Waals surface area contributed by atoms with Crippen LogP contribution >= 0.6 is 0 Å². The summed E-state index contributed by atoms with van der Waals surface area (Å²) in [5.74, 6) is 0.560. The molecule has 2 fully saturated rings. The third-order valence-corrected chi connectivity index (χ3v) is 4.64. The van der Waals surface area contributed by atoms with Gasteiger partial charge in [0.15, 0.2) is 0 Å². The Bertz CT molecular complexity index is 489. The molecular weight excluding hydrogens is 292 g/mol. The second-order valence-electron chi connectivity index (χ2n) is 6.48. The third kappa shape index (κ3) is 4.93. The zero-order valence-corrected chi connectivity index (χ0v) is 13.6. The summed E-state index contributed by atoms with van der Waals surface area (Å²) in [5.41, 5.74) is 0.605. The molecule has 0 spiro atoms. The SMILES string of the molecule is O=C(NC1CCCCCC1)c1ccc(OC2CCOCC2)nc1. The number of ether oxygens (including phenoxy) is 2. The van der Waals surface area contributed by atoms with Gasteiger partial charge in [0.05, 0.1) is 18.8 Å². The van der Waals surface area contributed by atoms with Crippen molar-refractivity contribution in [3.8, 4) is 5.88 Å². The lowest BCUT2D eigenvalue weighted by molar-refractivity contribution is 0.0237. The Hall–Kier alpha value is -1.62.